The number of benzene rings is 7. The molecule has 3 nitrogen and oxygen atoms in total. The zero-order chi connectivity index (χ0) is 32.3. The van der Waals surface area contributed by atoms with Crippen LogP contribution in [-0.4, -0.2) is 4.57 Å². The van der Waals surface area contributed by atoms with Crippen LogP contribution in [0.15, 0.2) is 168 Å². The molecule has 1 aliphatic carbocycles. The van der Waals surface area contributed by atoms with Crippen LogP contribution in [0.3, 0.4) is 0 Å². The third-order valence-electron chi connectivity index (χ3n) is 10.0. The van der Waals surface area contributed by atoms with Gasteiger partial charge in [-0.2, -0.15) is 0 Å². The molecule has 0 radical (unpaired) electrons. The molecule has 0 unspecified atom stereocenters. The van der Waals surface area contributed by atoms with E-state index < -0.39 is 0 Å². The zero-order valence-electron chi connectivity index (χ0n) is 26.9. The monoisotopic (exact) mass is 628 g/mol. The summed E-state index contributed by atoms with van der Waals surface area (Å²) in [5, 5.41) is 5.93. The van der Waals surface area contributed by atoms with Gasteiger partial charge in [0.1, 0.15) is 5.58 Å². The third kappa shape index (κ3) is 4.43. The summed E-state index contributed by atoms with van der Waals surface area (Å²) in [6.07, 6.45) is 6.73. The van der Waals surface area contributed by atoms with Crippen LogP contribution < -0.4 is 4.90 Å². The molecule has 0 saturated carbocycles. The van der Waals surface area contributed by atoms with Gasteiger partial charge >= 0.3 is 0 Å². The molecule has 0 amide bonds. The molecule has 2 aromatic heterocycles. The van der Waals surface area contributed by atoms with Crippen LogP contribution >= 0.6 is 0 Å². The second-order valence-corrected chi connectivity index (χ2v) is 12.8. The fourth-order valence-corrected chi connectivity index (χ4v) is 7.80. The van der Waals surface area contributed by atoms with Gasteiger partial charge in [0.2, 0.25) is 0 Å². The van der Waals surface area contributed by atoms with Gasteiger partial charge in [-0.3, -0.25) is 0 Å². The predicted molar refractivity (Wildman–Crippen MR) is 206 cm³/mol. The topological polar surface area (TPSA) is 21.3 Å². The lowest BCUT2D eigenvalue weighted by molar-refractivity contribution is 0.669. The van der Waals surface area contributed by atoms with E-state index in [4.69, 9.17) is 4.42 Å². The first kappa shape index (κ1) is 27.8. The van der Waals surface area contributed by atoms with Crippen molar-refractivity contribution < 1.29 is 4.42 Å². The molecular weight excluding hydrogens is 597 g/mol. The van der Waals surface area contributed by atoms with Crippen molar-refractivity contribution >= 4 is 66.8 Å². The minimum atomic E-state index is 0.881. The van der Waals surface area contributed by atoms with E-state index in [1.807, 2.05) is 12.1 Å². The van der Waals surface area contributed by atoms with E-state index in [2.05, 4.69) is 167 Å². The maximum Gasteiger partial charge on any atom is 0.159 e. The Morgan fingerprint density at radius 1 is 0.551 bits per heavy atom. The van der Waals surface area contributed by atoms with Gasteiger partial charge in [-0.25, -0.2) is 0 Å². The summed E-state index contributed by atoms with van der Waals surface area (Å²) in [7, 11) is 0. The highest BCUT2D eigenvalue weighted by Gasteiger charge is 2.22. The second kappa shape index (κ2) is 11.1. The van der Waals surface area contributed by atoms with Crippen molar-refractivity contribution in [1.29, 1.82) is 0 Å². The smallest absolute Gasteiger partial charge is 0.159 e. The highest BCUT2D eigenvalue weighted by atomic mass is 16.3. The highest BCUT2D eigenvalue weighted by Crippen LogP contribution is 2.45. The largest absolute Gasteiger partial charge is 0.454 e. The lowest BCUT2D eigenvalue weighted by atomic mass is 9.98. The fraction of sp³-hybridized carbons (Fsp3) is 0.0435. The van der Waals surface area contributed by atoms with E-state index in [-0.39, 0.29) is 0 Å². The van der Waals surface area contributed by atoms with E-state index >= 15 is 0 Å². The molecule has 0 N–H and O–H groups in total. The number of nitrogens with zero attached hydrogens (tertiary/aromatic N) is 2. The lowest BCUT2D eigenvalue weighted by Crippen LogP contribution is -2.10. The number of furan rings is 1. The summed E-state index contributed by atoms with van der Waals surface area (Å²) < 4.78 is 9.03. The van der Waals surface area contributed by atoms with Gasteiger partial charge in [-0.05, 0) is 84.0 Å². The Kier molecular flexibility index (Phi) is 6.31. The molecule has 1 aliphatic rings. The van der Waals surface area contributed by atoms with Crippen molar-refractivity contribution in [2.45, 2.75) is 12.8 Å². The zero-order valence-corrected chi connectivity index (χ0v) is 26.9. The molecule has 10 rings (SSSR count). The number of allylic oxidation sites excluding steroid dienone is 1. The molecule has 0 spiro atoms. The van der Waals surface area contributed by atoms with Crippen molar-refractivity contribution in [2.24, 2.45) is 0 Å². The van der Waals surface area contributed by atoms with E-state index in [9.17, 15) is 0 Å². The van der Waals surface area contributed by atoms with Crippen LogP contribution in [0.4, 0.5) is 17.1 Å². The first-order valence-electron chi connectivity index (χ1n) is 17.0. The number of anilines is 3. The maximum atomic E-state index is 6.58. The number of hydrogen-bond donors (Lipinski definition) is 0. The van der Waals surface area contributed by atoms with Gasteiger partial charge in [0.15, 0.2) is 5.58 Å². The Balaban J connectivity index is 1.13. The molecule has 3 heteroatoms. The average molecular weight is 629 g/mol. The van der Waals surface area contributed by atoms with Crippen LogP contribution in [-0.2, 0) is 6.42 Å². The fourth-order valence-electron chi connectivity index (χ4n) is 7.80. The Labute approximate surface area is 284 Å². The molecule has 7 aromatic carbocycles. The number of rotatable bonds is 5. The van der Waals surface area contributed by atoms with E-state index in [1.54, 1.807) is 0 Å². The van der Waals surface area contributed by atoms with E-state index in [0.29, 0.717) is 0 Å². The number of para-hydroxylation sites is 3. The van der Waals surface area contributed by atoms with E-state index in [0.717, 1.165) is 51.8 Å². The van der Waals surface area contributed by atoms with Crippen molar-refractivity contribution in [3.63, 3.8) is 0 Å². The van der Waals surface area contributed by atoms with Crippen LogP contribution in [0.1, 0.15) is 17.7 Å². The molecule has 2 heterocycles. The Morgan fingerprint density at radius 3 is 2.16 bits per heavy atom. The molecule has 49 heavy (non-hydrogen) atoms. The summed E-state index contributed by atoms with van der Waals surface area (Å²) >= 11 is 0. The molecule has 0 saturated heterocycles. The SMILES string of the molecule is C1=Cc2c(n(-c3ccccc3)c3ccc(-c4ccc(N(c5cccc6ccccc56)c5cccc6c5oc5ccccc56)cc4)cc23)CC1. The number of aromatic nitrogens is 1. The molecular formula is C46H32N2O. The van der Waals surface area contributed by atoms with Crippen LogP contribution in [0.2, 0.25) is 0 Å². The normalized spacial score (nSPS) is 12.7. The molecule has 0 fully saturated rings. The summed E-state index contributed by atoms with van der Waals surface area (Å²) in [6.45, 7) is 0. The number of hydrogen-bond acceptors (Lipinski definition) is 2. The van der Waals surface area contributed by atoms with Gasteiger partial charge in [-0.15, -0.1) is 0 Å². The van der Waals surface area contributed by atoms with Crippen molar-refractivity contribution in [1.82, 2.24) is 4.57 Å². The minimum absolute atomic E-state index is 0.881. The first-order chi connectivity index (χ1) is 24.3. The Morgan fingerprint density at radius 2 is 1.27 bits per heavy atom. The standard InChI is InChI=1S/C46H32N2O/c1-2-14-34(15-3-1)47-42-20-8-6-17-37(42)40-30-33(26-29-43(40)47)31-24-27-35(28-25-31)48(41-21-10-13-32-12-4-5-16-36(32)41)44-22-11-19-39-38-18-7-9-23-45(38)49-46(39)44/h1-7,9-19,21-30H,8,20H2. The summed E-state index contributed by atoms with van der Waals surface area (Å²) in [4.78, 5) is 2.35. The summed E-state index contributed by atoms with van der Waals surface area (Å²) in [5.41, 5.74) is 12.6. The summed E-state index contributed by atoms with van der Waals surface area (Å²) in [5.74, 6) is 0. The van der Waals surface area contributed by atoms with Crippen molar-refractivity contribution in [3.8, 4) is 16.8 Å². The number of fused-ring (bicyclic) bond motifs is 7. The highest BCUT2D eigenvalue weighted by molar-refractivity contribution is 6.11. The maximum absolute atomic E-state index is 6.58. The quantitative estimate of drug-likeness (QED) is 0.189. The van der Waals surface area contributed by atoms with Gasteiger partial charge in [0.25, 0.3) is 0 Å². The van der Waals surface area contributed by atoms with Crippen molar-refractivity contribution in [2.75, 3.05) is 4.90 Å². The van der Waals surface area contributed by atoms with Crippen LogP contribution in [0, 0.1) is 0 Å². The molecule has 0 aliphatic heterocycles. The average Bonchev–Trinajstić information content (AvgIpc) is 3.72. The van der Waals surface area contributed by atoms with Gasteiger partial charge < -0.3 is 13.9 Å². The Hall–Kier alpha value is -6.32. The van der Waals surface area contributed by atoms with Crippen molar-refractivity contribution in [3.05, 3.63) is 175 Å². The Bertz CT molecular complexity index is 2710. The molecule has 0 atom stereocenters. The molecule has 9 aromatic rings. The predicted octanol–water partition coefficient (Wildman–Crippen LogP) is 12.8. The van der Waals surface area contributed by atoms with Gasteiger partial charge in [-0.1, -0.05) is 115 Å². The van der Waals surface area contributed by atoms with Crippen LogP contribution in [0.25, 0.3) is 66.5 Å². The molecule has 232 valence electrons. The third-order valence-corrected chi connectivity index (χ3v) is 10.0. The lowest BCUT2D eigenvalue weighted by Gasteiger charge is -2.27. The summed E-state index contributed by atoms with van der Waals surface area (Å²) in [6, 6.07) is 56.6. The van der Waals surface area contributed by atoms with E-state index in [1.165, 1.54) is 49.7 Å². The van der Waals surface area contributed by atoms with Gasteiger partial charge in [0.05, 0.1) is 16.9 Å². The second-order valence-electron chi connectivity index (χ2n) is 12.8. The minimum Gasteiger partial charge on any atom is -0.454 e. The first-order valence-corrected chi connectivity index (χ1v) is 17.0. The van der Waals surface area contributed by atoms with Crippen LogP contribution in [0.5, 0.6) is 0 Å². The van der Waals surface area contributed by atoms with Gasteiger partial charge in [0, 0.05) is 44.2 Å². The molecule has 0 bridgehead atoms.